The van der Waals surface area contributed by atoms with Gasteiger partial charge in [0.1, 0.15) is 0 Å². The van der Waals surface area contributed by atoms with Crippen LogP contribution in [0.1, 0.15) is 60.8 Å². The van der Waals surface area contributed by atoms with E-state index in [-0.39, 0.29) is 0 Å². The van der Waals surface area contributed by atoms with Gasteiger partial charge in [-0.3, -0.25) is 0 Å². The molecule has 0 aliphatic heterocycles. The predicted octanol–water partition coefficient (Wildman–Crippen LogP) is 7.36. The van der Waals surface area contributed by atoms with Gasteiger partial charge in [0, 0.05) is 50.0 Å². The summed E-state index contributed by atoms with van der Waals surface area (Å²) in [5.74, 6) is 0. The van der Waals surface area contributed by atoms with E-state index >= 15 is 0 Å². The molecule has 234 valence electrons. The third kappa shape index (κ3) is 9.06. The summed E-state index contributed by atoms with van der Waals surface area (Å²) in [6.07, 6.45) is 2.85. The highest BCUT2D eigenvalue weighted by Gasteiger charge is 2.45. The molecule has 0 spiro atoms. The molecule has 6 nitrogen and oxygen atoms in total. The molecule has 0 bridgehead atoms. The molecule has 0 N–H and O–H groups in total. The van der Waals surface area contributed by atoms with Crippen molar-refractivity contribution < 1.29 is 26.6 Å². The first-order chi connectivity index (χ1) is 21.0. The Morgan fingerprint density at radius 1 is 0.395 bits per heavy atom. The Bertz CT molecular complexity index is 1320. The molecule has 0 aromatic heterocycles. The lowest BCUT2D eigenvalue weighted by Crippen LogP contribution is -2.57. The van der Waals surface area contributed by atoms with Crippen molar-refractivity contribution >= 4 is 49.5 Å². The van der Waals surface area contributed by atoms with Crippen LogP contribution in [-0.2, 0) is 26.6 Å². The first-order valence-electron chi connectivity index (χ1n) is 15.8. The van der Waals surface area contributed by atoms with Crippen LogP contribution in [0, 0.1) is 0 Å². The van der Waals surface area contributed by atoms with E-state index in [9.17, 15) is 0 Å². The van der Waals surface area contributed by atoms with Crippen molar-refractivity contribution in [3.63, 3.8) is 0 Å². The number of fused-ring (bicyclic) bond motifs is 2. The summed E-state index contributed by atoms with van der Waals surface area (Å²) in [6.45, 7) is 16.0. The molecule has 0 unspecified atom stereocenters. The van der Waals surface area contributed by atoms with Crippen molar-refractivity contribution in [1.82, 2.24) is 0 Å². The number of rotatable bonds is 17. The summed E-state index contributed by atoms with van der Waals surface area (Å²) < 4.78 is 36.8. The van der Waals surface area contributed by atoms with E-state index in [4.69, 9.17) is 26.6 Å². The Hall–Kier alpha value is -2.41. The van der Waals surface area contributed by atoms with E-state index in [1.165, 1.54) is 16.2 Å². The molecule has 0 saturated carbocycles. The van der Waals surface area contributed by atoms with Crippen molar-refractivity contribution in [2.24, 2.45) is 0 Å². The monoisotopic (exact) mass is 622 g/mol. The first-order valence-corrected chi connectivity index (χ1v) is 19.3. The molecule has 4 aromatic rings. The van der Waals surface area contributed by atoms with Gasteiger partial charge < -0.3 is 26.6 Å². The summed E-state index contributed by atoms with van der Waals surface area (Å²) in [4.78, 5) is 0. The Morgan fingerprint density at radius 3 is 1.07 bits per heavy atom. The van der Waals surface area contributed by atoms with Gasteiger partial charge >= 0.3 is 17.6 Å². The van der Waals surface area contributed by atoms with Crippen molar-refractivity contribution in [3.8, 4) is 0 Å². The Balaban J connectivity index is 0.000000238. The molecule has 8 heteroatoms. The maximum absolute atomic E-state index is 6.27. The Kier molecular flexibility index (Phi) is 15.0. The van der Waals surface area contributed by atoms with Crippen LogP contribution < -0.4 is 10.4 Å². The third-order valence-corrected chi connectivity index (χ3v) is 12.7. The largest absolute Gasteiger partial charge is 0.537 e. The lowest BCUT2D eigenvalue weighted by Gasteiger charge is -2.30. The minimum atomic E-state index is -2.90. The molecule has 0 saturated heterocycles. The highest BCUT2D eigenvalue weighted by Crippen LogP contribution is 2.21. The second-order valence-corrected chi connectivity index (χ2v) is 15.0. The fourth-order valence-corrected chi connectivity index (χ4v) is 10.7. The smallest absolute Gasteiger partial charge is 0.370 e. The predicted molar refractivity (Wildman–Crippen MR) is 182 cm³/mol. The minimum absolute atomic E-state index is 0.579. The average Bonchev–Trinajstić information content (AvgIpc) is 3.05. The summed E-state index contributed by atoms with van der Waals surface area (Å²) in [5.41, 5.74) is 0. The van der Waals surface area contributed by atoms with Crippen LogP contribution in [0.25, 0.3) is 21.5 Å². The van der Waals surface area contributed by atoms with Gasteiger partial charge in [0.05, 0.1) is 0 Å². The maximum atomic E-state index is 6.27. The van der Waals surface area contributed by atoms with Crippen molar-refractivity contribution in [2.75, 3.05) is 39.6 Å². The highest BCUT2D eigenvalue weighted by molar-refractivity contribution is 6.78. The van der Waals surface area contributed by atoms with Gasteiger partial charge in [0.2, 0.25) is 0 Å². The van der Waals surface area contributed by atoms with Crippen LogP contribution in [-0.4, -0.2) is 57.3 Å². The van der Waals surface area contributed by atoms with E-state index in [0.717, 1.165) is 35.0 Å². The van der Waals surface area contributed by atoms with Gasteiger partial charge in [-0.05, 0) is 61.6 Å². The Morgan fingerprint density at radius 2 is 0.721 bits per heavy atom. The van der Waals surface area contributed by atoms with Gasteiger partial charge in [-0.2, -0.15) is 0 Å². The van der Waals surface area contributed by atoms with Crippen molar-refractivity contribution in [3.05, 3.63) is 84.9 Å². The van der Waals surface area contributed by atoms with Crippen LogP contribution in [0.2, 0.25) is 0 Å². The van der Waals surface area contributed by atoms with Crippen molar-refractivity contribution in [1.29, 1.82) is 0 Å². The zero-order valence-corrected chi connectivity index (χ0v) is 28.9. The van der Waals surface area contributed by atoms with Gasteiger partial charge in [0.15, 0.2) is 0 Å². The lowest BCUT2D eigenvalue weighted by molar-refractivity contribution is 0.0734. The van der Waals surface area contributed by atoms with Gasteiger partial charge in [-0.25, -0.2) is 0 Å². The van der Waals surface area contributed by atoms with Gasteiger partial charge in [-0.1, -0.05) is 106 Å². The summed E-state index contributed by atoms with van der Waals surface area (Å²) >= 11 is 0. The summed E-state index contributed by atoms with van der Waals surface area (Å²) in [5, 5.41) is 6.84. The first kappa shape index (κ1) is 35.1. The van der Waals surface area contributed by atoms with Crippen LogP contribution in [0.4, 0.5) is 0 Å². The molecular weight excluding hydrogens is 573 g/mol. The minimum Gasteiger partial charge on any atom is -0.370 e. The lowest BCUT2D eigenvalue weighted by atomic mass is 10.1. The number of hydrogen-bond acceptors (Lipinski definition) is 6. The topological polar surface area (TPSA) is 55.4 Å². The molecule has 0 aliphatic rings. The normalized spacial score (nSPS) is 12.0. The van der Waals surface area contributed by atoms with E-state index in [1.807, 2.05) is 39.0 Å². The average molecular weight is 623 g/mol. The molecule has 0 heterocycles. The Labute approximate surface area is 261 Å². The molecule has 0 fully saturated rings. The summed E-state index contributed by atoms with van der Waals surface area (Å²) in [7, 11) is -5.74. The van der Waals surface area contributed by atoms with Crippen LogP contribution in [0.5, 0.6) is 0 Å². The molecule has 0 radical (unpaired) electrons. The quantitative estimate of drug-likeness (QED) is 0.115. The highest BCUT2D eigenvalue weighted by atomic mass is 28.4. The third-order valence-electron chi connectivity index (χ3n) is 6.73. The molecule has 4 rings (SSSR count). The van der Waals surface area contributed by atoms with Gasteiger partial charge in [-0.15, -0.1) is 0 Å². The van der Waals surface area contributed by atoms with E-state index in [0.29, 0.717) is 39.6 Å². The van der Waals surface area contributed by atoms with E-state index < -0.39 is 17.6 Å². The SMILES string of the molecule is CCCO[Si](OCCC)(OCCC)c1cccc2ccccc12.CCO[Si](OCC)(OCC)c1cccc2ccccc12. The van der Waals surface area contributed by atoms with E-state index in [2.05, 4.69) is 87.5 Å². The zero-order valence-electron chi connectivity index (χ0n) is 26.9. The second kappa shape index (κ2) is 18.4. The van der Waals surface area contributed by atoms with Crippen LogP contribution in [0.15, 0.2) is 84.9 Å². The number of benzene rings is 4. The fraction of sp³-hybridized carbons (Fsp3) is 0.429. The van der Waals surface area contributed by atoms with Crippen molar-refractivity contribution in [2.45, 2.75) is 60.8 Å². The maximum Gasteiger partial charge on any atom is 0.537 e. The molecule has 4 aromatic carbocycles. The van der Waals surface area contributed by atoms with Gasteiger partial charge in [0.25, 0.3) is 0 Å². The molecule has 0 atom stereocenters. The fourth-order valence-electron chi connectivity index (χ4n) is 4.98. The molecule has 43 heavy (non-hydrogen) atoms. The van der Waals surface area contributed by atoms with Crippen LogP contribution in [0.3, 0.4) is 0 Å². The molecular formula is C35H50O6Si2. The standard InChI is InChI=1S/C19H28O3Si.C16H22O3Si/c1-4-14-20-23(21-15-5-2,22-16-6-3)19-13-9-11-17-10-7-8-12-18(17)19;1-4-17-20(18-5-2,19-6-3)16-13-9-11-14-10-7-8-12-15(14)16/h7-13H,4-6,14-16H2,1-3H3;7-13H,4-6H2,1-3H3. The van der Waals surface area contributed by atoms with E-state index in [1.54, 1.807) is 0 Å². The zero-order chi connectivity index (χ0) is 31.0. The number of hydrogen-bond donors (Lipinski definition) is 0. The summed E-state index contributed by atoms with van der Waals surface area (Å²) in [6, 6.07) is 29.1. The molecule has 0 aliphatic carbocycles. The second-order valence-electron chi connectivity index (χ2n) is 10.0. The van der Waals surface area contributed by atoms with Crippen LogP contribution >= 0.6 is 0 Å². The molecule has 0 amide bonds.